The van der Waals surface area contributed by atoms with Gasteiger partial charge in [0, 0.05) is 6.54 Å². The molecule has 0 saturated heterocycles. The summed E-state index contributed by atoms with van der Waals surface area (Å²) in [7, 11) is 3.95. The molecule has 2 aromatic rings. The summed E-state index contributed by atoms with van der Waals surface area (Å²) >= 11 is 0. The van der Waals surface area contributed by atoms with Crippen LogP contribution in [0.4, 0.5) is 0 Å². The zero-order valence-electron chi connectivity index (χ0n) is 11.7. The normalized spacial score (nSPS) is 10.9. The molecule has 0 atom stereocenters. The zero-order valence-corrected chi connectivity index (χ0v) is 11.7. The second kappa shape index (κ2) is 6.34. The fraction of sp³-hybridized carbons (Fsp3) is 0.333. The molecule has 0 unspecified atom stereocenters. The fourth-order valence-electron chi connectivity index (χ4n) is 1.93. The van der Waals surface area contributed by atoms with Crippen molar-refractivity contribution in [1.82, 2.24) is 10.2 Å². The smallest absolute Gasteiger partial charge is 0.344 e. The zero-order chi connectivity index (χ0) is 14.5. The predicted molar refractivity (Wildman–Crippen MR) is 78.0 cm³/mol. The van der Waals surface area contributed by atoms with Crippen LogP contribution in [0.3, 0.4) is 0 Å². The van der Waals surface area contributed by atoms with Gasteiger partial charge in [0.2, 0.25) is 0 Å². The first-order valence-corrected chi connectivity index (χ1v) is 6.54. The van der Waals surface area contributed by atoms with Crippen molar-refractivity contribution in [3.05, 3.63) is 46.5 Å². The van der Waals surface area contributed by atoms with Gasteiger partial charge >= 0.3 is 5.63 Å². The molecule has 0 fully saturated rings. The van der Waals surface area contributed by atoms with E-state index in [2.05, 4.69) is 5.32 Å². The summed E-state index contributed by atoms with van der Waals surface area (Å²) in [5.41, 5.74) is -0.485. The van der Waals surface area contributed by atoms with Crippen LogP contribution in [-0.4, -0.2) is 38.0 Å². The lowest BCUT2D eigenvalue weighted by molar-refractivity contribution is 0.0920. The molecule has 0 radical (unpaired) electrons. The van der Waals surface area contributed by atoms with Crippen LogP contribution in [-0.2, 0) is 0 Å². The molecule has 0 aliphatic heterocycles. The highest BCUT2D eigenvalue weighted by Gasteiger charge is 2.11. The number of amides is 1. The van der Waals surface area contributed by atoms with E-state index in [1.165, 1.54) is 0 Å². The molecule has 0 aliphatic rings. The number of hydrogen-bond acceptors (Lipinski definition) is 4. The Bertz CT molecular complexity index is 661. The summed E-state index contributed by atoms with van der Waals surface area (Å²) in [6.07, 6.45) is 0.844. The largest absolute Gasteiger partial charge is 0.417 e. The Hall–Kier alpha value is -2.14. The molecule has 1 aromatic carbocycles. The lowest BCUT2D eigenvalue weighted by Gasteiger charge is -2.09. The minimum Gasteiger partial charge on any atom is -0.417 e. The second-order valence-corrected chi connectivity index (χ2v) is 4.90. The van der Waals surface area contributed by atoms with E-state index in [0.29, 0.717) is 17.3 Å². The van der Waals surface area contributed by atoms with E-state index >= 15 is 0 Å². The van der Waals surface area contributed by atoms with Gasteiger partial charge in [-0.05, 0) is 44.6 Å². The van der Waals surface area contributed by atoms with Crippen LogP contribution in [0.15, 0.2) is 39.5 Å². The highest BCUT2D eigenvalue weighted by molar-refractivity contribution is 5.95. The topological polar surface area (TPSA) is 62.6 Å². The Morgan fingerprint density at radius 1 is 1.30 bits per heavy atom. The molecule has 1 heterocycles. The maximum Gasteiger partial charge on any atom is 0.344 e. The van der Waals surface area contributed by atoms with Crippen LogP contribution in [0.2, 0.25) is 0 Å². The van der Waals surface area contributed by atoms with E-state index < -0.39 is 5.63 Å². The summed E-state index contributed by atoms with van der Waals surface area (Å²) in [5.74, 6) is -0.301. The van der Waals surface area contributed by atoms with Gasteiger partial charge in [-0.2, -0.15) is 0 Å². The van der Waals surface area contributed by atoms with Gasteiger partial charge in [0.1, 0.15) is 0 Å². The maximum atomic E-state index is 11.9. The van der Waals surface area contributed by atoms with Gasteiger partial charge in [0.25, 0.3) is 5.91 Å². The van der Waals surface area contributed by atoms with E-state index in [1.54, 1.807) is 24.3 Å². The first kappa shape index (κ1) is 14.3. The second-order valence-electron chi connectivity index (χ2n) is 4.90. The number of carbonyl (C=O) groups is 1. The van der Waals surface area contributed by atoms with Crippen molar-refractivity contribution in [2.75, 3.05) is 27.2 Å². The molecule has 0 spiro atoms. The Morgan fingerprint density at radius 3 is 2.80 bits per heavy atom. The molecule has 5 heteroatoms. The van der Waals surface area contributed by atoms with E-state index in [9.17, 15) is 9.59 Å². The molecule has 106 valence electrons. The summed E-state index contributed by atoms with van der Waals surface area (Å²) in [6.45, 7) is 1.44. The van der Waals surface area contributed by atoms with Gasteiger partial charge in [-0.25, -0.2) is 4.79 Å². The highest BCUT2D eigenvalue weighted by atomic mass is 16.4. The third-order valence-electron chi connectivity index (χ3n) is 2.96. The van der Waals surface area contributed by atoms with E-state index in [1.807, 2.05) is 25.1 Å². The first-order chi connectivity index (χ1) is 9.58. The monoisotopic (exact) mass is 274 g/mol. The van der Waals surface area contributed by atoms with Gasteiger partial charge in [-0.15, -0.1) is 0 Å². The number of rotatable bonds is 5. The summed E-state index contributed by atoms with van der Waals surface area (Å²) < 4.78 is 5.05. The molecule has 2 rings (SSSR count). The quantitative estimate of drug-likeness (QED) is 0.839. The average Bonchev–Trinajstić information content (AvgIpc) is 2.43. The van der Waals surface area contributed by atoms with Crippen molar-refractivity contribution in [1.29, 1.82) is 0 Å². The van der Waals surface area contributed by atoms with Crippen molar-refractivity contribution in [3.8, 4) is 0 Å². The van der Waals surface area contributed by atoms with Crippen LogP contribution in [0.25, 0.3) is 10.8 Å². The number of nitrogens with zero attached hydrogens (tertiary/aromatic N) is 1. The Morgan fingerprint density at radius 2 is 2.05 bits per heavy atom. The van der Waals surface area contributed by atoms with Gasteiger partial charge in [0.15, 0.2) is 5.76 Å². The molecule has 1 aromatic heterocycles. The van der Waals surface area contributed by atoms with Gasteiger partial charge in [-0.3, -0.25) is 4.79 Å². The predicted octanol–water partition coefficient (Wildman–Crippen LogP) is 1.47. The minimum atomic E-state index is -0.485. The molecule has 0 aliphatic carbocycles. The van der Waals surface area contributed by atoms with Crippen molar-refractivity contribution in [2.45, 2.75) is 6.42 Å². The Labute approximate surface area is 117 Å². The Balaban J connectivity index is 2.09. The summed E-state index contributed by atoms with van der Waals surface area (Å²) in [5, 5.41) is 3.94. The van der Waals surface area contributed by atoms with Crippen molar-refractivity contribution >= 4 is 16.7 Å². The summed E-state index contributed by atoms with van der Waals surface area (Å²) in [4.78, 5) is 25.7. The number of hydrogen-bond donors (Lipinski definition) is 1. The average molecular weight is 274 g/mol. The highest BCUT2D eigenvalue weighted by Crippen LogP contribution is 2.11. The SMILES string of the molecule is CN(C)CCCNC(=O)c1cc2ccccc2c(=O)o1. The van der Waals surface area contributed by atoms with Gasteiger partial charge in [0.05, 0.1) is 5.39 Å². The van der Waals surface area contributed by atoms with Gasteiger partial charge in [-0.1, -0.05) is 18.2 Å². The number of nitrogens with one attached hydrogen (secondary N) is 1. The molecule has 1 amide bonds. The Kier molecular flexibility index (Phi) is 4.53. The molecule has 20 heavy (non-hydrogen) atoms. The number of fused-ring (bicyclic) bond motifs is 1. The lowest BCUT2D eigenvalue weighted by Crippen LogP contribution is -2.27. The van der Waals surface area contributed by atoms with Crippen LogP contribution >= 0.6 is 0 Å². The van der Waals surface area contributed by atoms with E-state index in [4.69, 9.17) is 4.42 Å². The fourth-order valence-corrected chi connectivity index (χ4v) is 1.93. The van der Waals surface area contributed by atoms with Crippen LogP contribution in [0, 0.1) is 0 Å². The standard InChI is InChI=1S/C15H18N2O3/c1-17(2)9-5-8-16-14(18)13-10-11-6-3-4-7-12(11)15(19)20-13/h3-4,6-7,10H,5,8-9H2,1-2H3,(H,16,18). The molecular formula is C15H18N2O3. The lowest BCUT2D eigenvalue weighted by atomic mass is 10.1. The maximum absolute atomic E-state index is 11.9. The molecule has 1 N–H and O–H groups in total. The third-order valence-corrected chi connectivity index (χ3v) is 2.96. The third kappa shape index (κ3) is 3.45. The summed E-state index contributed by atoms with van der Waals surface area (Å²) in [6, 6.07) is 8.65. The van der Waals surface area contributed by atoms with Crippen molar-refractivity contribution in [3.63, 3.8) is 0 Å². The van der Waals surface area contributed by atoms with E-state index in [-0.39, 0.29) is 11.7 Å². The van der Waals surface area contributed by atoms with Crippen LogP contribution < -0.4 is 10.9 Å². The van der Waals surface area contributed by atoms with Gasteiger partial charge < -0.3 is 14.6 Å². The minimum absolute atomic E-state index is 0.0542. The molecular weight excluding hydrogens is 256 g/mol. The molecule has 0 saturated carbocycles. The molecule has 0 bridgehead atoms. The van der Waals surface area contributed by atoms with Crippen LogP contribution in [0.5, 0.6) is 0 Å². The first-order valence-electron chi connectivity index (χ1n) is 6.54. The van der Waals surface area contributed by atoms with E-state index in [0.717, 1.165) is 13.0 Å². The van der Waals surface area contributed by atoms with Crippen molar-refractivity contribution in [2.24, 2.45) is 0 Å². The van der Waals surface area contributed by atoms with Crippen LogP contribution in [0.1, 0.15) is 17.0 Å². The number of carbonyl (C=O) groups excluding carboxylic acids is 1. The van der Waals surface area contributed by atoms with Crippen molar-refractivity contribution < 1.29 is 9.21 Å². The molecule has 5 nitrogen and oxygen atoms in total. The number of benzene rings is 1.